The second kappa shape index (κ2) is 6.17. The van der Waals surface area contributed by atoms with Crippen LogP contribution in [0.25, 0.3) is 0 Å². The van der Waals surface area contributed by atoms with Crippen molar-refractivity contribution in [3.63, 3.8) is 0 Å². The predicted octanol–water partition coefficient (Wildman–Crippen LogP) is 1.49. The lowest BCUT2D eigenvalue weighted by Crippen LogP contribution is -2.19. The summed E-state index contributed by atoms with van der Waals surface area (Å²) >= 11 is 0. The molecule has 0 spiro atoms. The van der Waals surface area contributed by atoms with Crippen molar-refractivity contribution in [1.29, 1.82) is 0 Å². The minimum Gasteiger partial charge on any atom is -0.319 e. The van der Waals surface area contributed by atoms with E-state index in [0.29, 0.717) is 0 Å². The zero-order valence-electron chi connectivity index (χ0n) is 8.92. The topological polar surface area (TPSA) is 15.3 Å². The molecule has 1 unspecified atom stereocenters. The zero-order chi connectivity index (χ0) is 9.52. The molecule has 0 radical (unpaired) electrons. The average molecular weight is 182 g/mol. The van der Waals surface area contributed by atoms with Crippen LogP contribution in [0.1, 0.15) is 19.8 Å². The van der Waals surface area contributed by atoms with Gasteiger partial charge in [0.15, 0.2) is 0 Å². The average Bonchev–Trinajstić information content (AvgIpc) is 2.60. The second-order valence-corrected chi connectivity index (χ2v) is 3.76. The Morgan fingerprint density at radius 1 is 1.54 bits per heavy atom. The van der Waals surface area contributed by atoms with Crippen LogP contribution in [0.4, 0.5) is 0 Å². The fraction of sp³-hybridized carbons (Fsp3) is 0.818. The monoisotopic (exact) mass is 182 g/mol. The van der Waals surface area contributed by atoms with Gasteiger partial charge in [-0.25, -0.2) is 0 Å². The van der Waals surface area contributed by atoms with E-state index in [1.54, 1.807) is 0 Å². The van der Waals surface area contributed by atoms with E-state index < -0.39 is 0 Å². The normalized spacial score (nSPS) is 24.6. The molecule has 1 rings (SSSR count). The summed E-state index contributed by atoms with van der Waals surface area (Å²) in [4.78, 5) is 2.52. The van der Waals surface area contributed by atoms with Gasteiger partial charge >= 0.3 is 0 Å². The summed E-state index contributed by atoms with van der Waals surface area (Å²) in [6, 6.07) is 0. The first-order chi connectivity index (χ1) is 6.36. The molecular formula is C11H22N2. The molecule has 1 atom stereocenters. The van der Waals surface area contributed by atoms with Crippen molar-refractivity contribution in [1.82, 2.24) is 10.2 Å². The first-order valence-electron chi connectivity index (χ1n) is 5.40. The minimum absolute atomic E-state index is 0.816. The van der Waals surface area contributed by atoms with E-state index in [9.17, 15) is 0 Å². The van der Waals surface area contributed by atoms with Crippen molar-refractivity contribution in [2.45, 2.75) is 19.8 Å². The Bertz CT molecular complexity index is 154. The molecule has 0 bridgehead atoms. The number of hydrogen-bond acceptors (Lipinski definition) is 2. The summed E-state index contributed by atoms with van der Waals surface area (Å²) in [5.74, 6) is 0.816. The maximum absolute atomic E-state index is 3.15. The van der Waals surface area contributed by atoms with Gasteiger partial charge in [-0.3, -0.25) is 0 Å². The molecule has 0 aromatic rings. The Morgan fingerprint density at radius 2 is 2.38 bits per heavy atom. The molecule has 2 heteroatoms. The highest BCUT2D eigenvalue weighted by Gasteiger charge is 2.17. The Hall–Kier alpha value is -0.340. The number of hydrogen-bond donors (Lipinski definition) is 1. The molecule has 1 aliphatic rings. The summed E-state index contributed by atoms with van der Waals surface area (Å²) in [6.07, 6.45) is 7.23. The third kappa shape index (κ3) is 3.92. The van der Waals surface area contributed by atoms with Gasteiger partial charge in [-0.2, -0.15) is 0 Å². The van der Waals surface area contributed by atoms with Gasteiger partial charge in [0.25, 0.3) is 0 Å². The quantitative estimate of drug-likeness (QED) is 0.512. The largest absolute Gasteiger partial charge is 0.319 e. The molecule has 2 nitrogen and oxygen atoms in total. The fourth-order valence-corrected chi connectivity index (χ4v) is 1.82. The molecule has 0 amide bonds. The van der Waals surface area contributed by atoms with Crippen molar-refractivity contribution in [3.8, 4) is 0 Å². The van der Waals surface area contributed by atoms with Gasteiger partial charge in [-0.1, -0.05) is 19.1 Å². The van der Waals surface area contributed by atoms with Gasteiger partial charge in [0.2, 0.25) is 0 Å². The molecule has 1 fully saturated rings. The molecule has 1 saturated heterocycles. The molecule has 0 aromatic carbocycles. The molecule has 13 heavy (non-hydrogen) atoms. The van der Waals surface area contributed by atoms with Crippen LogP contribution in [-0.2, 0) is 0 Å². The lowest BCUT2D eigenvalue weighted by atomic mass is 10.1. The Morgan fingerprint density at radius 3 is 3.00 bits per heavy atom. The van der Waals surface area contributed by atoms with Crippen molar-refractivity contribution < 1.29 is 0 Å². The first kappa shape index (κ1) is 10.7. The molecule has 0 aromatic heterocycles. The van der Waals surface area contributed by atoms with E-state index in [-0.39, 0.29) is 0 Å². The molecular weight excluding hydrogens is 160 g/mol. The fourth-order valence-electron chi connectivity index (χ4n) is 1.82. The highest BCUT2D eigenvalue weighted by molar-refractivity contribution is 4.93. The maximum Gasteiger partial charge on any atom is 0.00447 e. The van der Waals surface area contributed by atoms with Crippen molar-refractivity contribution in [2.75, 3.05) is 33.2 Å². The van der Waals surface area contributed by atoms with E-state index in [1.807, 2.05) is 7.05 Å². The van der Waals surface area contributed by atoms with Crippen molar-refractivity contribution in [3.05, 3.63) is 12.2 Å². The standard InChI is InChI=1S/C11H22N2/c1-3-13-9-7-11(10-13)6-4-5-8-12-2/h4,6,11-12H,3,5,7-10H2,1-2H3/b6-4-. The van der Waals surface area contributed by atoms with Crippen LogP contribution in [0.5, 0.6) is 0 Å². The van der Waals surface area contributed by atoms with Crippen LogP contribution in [0, 0.1) is 5.92 Å². The van der Waals surface area contributed by atoms with Crippen LogP contribution >= 0.6 is 0 Å². The highest BCUT2D eigenvalue weighted by atomic mass is 15.1. The minimum atomic E-state index is 0.816. The Kier molecular flexibility index (Phi) is 5.09. The number of rotatable bonds is 5. The zero-order valence-corrected chi connectivity index (χ0v) is 8.92. The summed E-state index contributed by atoms with van der Waals surface area (Å²) in [5, 5.41) is 3.15. The highest BCUT2D eigenvalue weighted by Crippen LogP contribution is 2.16. The van der Waals surface area contributed by atoms with E-state index in [0.717, 1.165) is 12.5 Å². The van der Waals surface area contributed by atoms with Gasteiger partial charge in [0, 0.05) is 6.54 Å². The Labute approximate surface area is 82.0 Å². The molecule has 1 N–H and O–H groups in total. The SMILES string of the molecule is CCN1CCC(/C=C\CCNC)C1. The van der Waals surface area contributed by atoms with Gasteiger partial charge in [-0.15, -0.1) is 0 Å². The molecule has 1 heterocycles. The maximum atomic E-state index is 3.15. The third-order valence-electron chi connectivity index (χ3n) is 2.73. The number of nitrogens with one attached hydrogen (secondary N) is 1. The summed E-state index contributed by atoms with van der Waals surface area (Å²) in [7, 11) is 2.00. The van der Waals surface area contributed by atoms with E-state index in [1.165, 1.54) is 32.5 Å². The van der Waals surface area contributed by atoms with Gasteiger partial charge in [-0.05, 0) is 45.4 Å². The van der Waals surface area contributed by atoms with E-state index in [2.05, 4.69) is 29.3 Å². The lowest BCUT2D eigenvalue weighted by molar-refractivity contribution is 0.351. The van der Waals surface area contributed by atoms with E-state index >= 15 is 0 Å². The molecule has 0 saturated carbocycles. The smallest absolute Gasteiger partial charge is 0.00447 e. The first-order valence-corrected chi connectivity index (χ1v) is 5.40. The summed E-state index contributed by atoms with van der Waals surface area (Å²) < 4.78 is 0. The summed E-state index contributed by atoms with van der Waals surface area (Å²) in [6.45, 7) is 7.11. The van der Waals surface area contributed by atoms with Gasteiger partial charge < -0.3 is 10.2 Å². The Balaban J connectivity index is 2.12. The lowest BCUT2D eigenvalue weighted by Gasteiger charge is -2.10. The van der Waals surface area contributed by atoms with Crippen LogP contribution in [0.15, 0.2) is 12.2 Å². The number of likely N-dealkylation sites (tertiary alicyclic amines) is 1. The van der Waals surface area contributed by atoms with Gasteiger partial charge in [0.1, 0.15) is 0 Å². The molecule has 0 aliphatic carbocycles. The van der Waals surface area contributed by atoms with Gasteiger partial charge in [0.05, 0.1) is 0 Å². The van der Waals surface area contributed by atoms with Crippen LogP contribution in [0.3, 0.4) is 0 Å². The summed E-state index contributed by atoms with van der Waals surface area (Å²) in [5.41, 5.74) is 0. The van der Waals surface area contributed by atoms with Crippen LogP contribution in [-0.4, -0.2) is 38.1 Å². The molecule has 76 valence electrons. The predicted molar refractivity (Wildman–Crippen MR) is 57.9 cm³/mol. The van der Waals surface area contributed by atoms with Crippen LogP contribution < -0.4 is 5.32 Å². The second-order valence-electron chi connectivity index (χ2n) is 3.76. The third-order valence-corrected chi connectivity index (χ3v) is 2.73. The van der Waals surface area contributed by atoms with Crippen molar-refractivity contribution in [2.24, 2.45) is 5.92 Å². The van der Waals surface area contributed by atoms with Crippen LogP contribution in [0.2, 0.25) is 0 Å². The molecule has 1 aliphatic heterocycles. The number of nitrogens with zero attached hydrogens (tertiary/aromatic N) is 1. The van der Waals surface area contributed by atoms with E-state index in [4.69, 9.17) is 0 Å². The van der Waals surface area contributed by atoms with Crippen molar-refractivity contribution >= 4 is 0 Å².